The molecule has 0 heterocycles. The zero-order valence-electron chi connectivity index (χ0n) is 14.6. The van der Waals surface area contributed by atoms with Crippen LogP contribution in [-0.4, -0.2) is 31.4 Å². The van der Waals surface area contributed by atoms with Crippen LogP contribution in [-0.2, 0) is 11.3 Å². The number of benzene rings is 2. The summed E-state index contributed by atoms with van der Waals surface area (Å²) in [6, 6.07) is 16.8. The maximum atomic E-state index is 12.3. The van der Waals surface area contributed by atoms with Gasteiger partial charge in [-0.05, 0) is 34.7 Å². The average Bonchev–Trinajstić information content (AvgIpc) is 2.95. The molecule has 1 atom stereocenters. The smallest absolute Gasteiger partial charge is 0.241 e. The van der Waals surface area contributed by atoms with E-state index >= 15 is 0 Å². The van der Waals surface area contributed by atoms with Crippen LogP contribution in [0.5, 0.6) is 0 Å². The van der Waals surface area contributed by atoms with Crippen molar-refractivity contribution in [1.29, 1.82) is 0 Å². The number of fused-ring (bicyclic) bond motifs is 1. The van der Waals surface area contributed by atoms with Crippen LogP contribution in [0.3, 0.4) is 0 Å². The molecule has 0 fully saturated rings. The first-order chi connectivity index (χ1) is 11.5. The third kappa shape index (κ3) is 3.51. The van der Waals surface area contributed by atoms with E-state index in [4.69, 9.17) is 0 Å². The molecule has 1 aliphatic carbocycles. The highest BCUT2D eigenvalue weighted by Crippen LogP contribution is 2.32. The molecular weight excluding hydrogens is 296 g/mol. The maximum absolute atomic E-state index is 12.3. The number of hydrogen-bond donors (Lipinski definition) is 0. The Morgan fingerprint density at radius 2 is 1.83 bits per heavy atom. The summed E-state index contributed by atoms with van der Waals surface area (Å²) in [5.74, 6) is 0.579. The minimum Gasteiger partial charge on any atom is -0.358 e. The summed E-state index contributed by atoms with van der Waals surface area (Å²) in [5.41, 5.74) is 4.91. The quantitative estimate of drug-likeness (QED) is 0.834. The molecule has 0 N–H and O–H groups in total. The second-order valence-corrected chi connectivity index (χ2v) is 6.59. The van der Waals surface area contributed by atoms with Crippen LogP contribution in [0.25, 0.3) is 6.08 Å². The predicted molar refractivity (Wildman–Crippen MR) is 100 cm³/mol. The minimum absolute atomic E-state index is 0.107. The third-order valence-electron chi connectivity index (χ3n) is 4.53. The van der Waals surface area contributed by atoms with E-state index in [-0.39, 0.29) is 5.91 Å². The van der Waals surface area contributed by atoms with Gasteiger partial charge >= 0.3 is 0 Å². The lowest BCUT2D eigenvalue weighted by molar-refractivity contribution is -0.127. The van der Waals surface area contributed by atoms with E-state index in [2.05, 4.69) is 54.3 Å². The third-order valence-corrected chi connectivity index (χ3v) is 4.53. The number of carbonyl (C=O) groups excluding carboxylic acids is 1. The van der Waals surface area contributed by atoms with Crippen molar-refractivity contribution in [3.05, 3.63) is 71.3 Å². The Morgan fingerprint density at radius 1 is 1.08 bits per heavy atom. The first kappa shape index (κ1) is 16.3. The van der Waals surface area contributed by atoms with Gasteiger partial charge in [0.25, 0.3) is 0 Å². The van der Waals surface area contributed by atoms with Crippen molar-refractivity contribution >= 4 is 17.7 Å². The van der Waals surface area contributed by atoms with E-state index in [1.807, 2.05) is 18.2 Å². The van der Waals surface area contributed by atoms with Gasteiger partial charge in [0.2, 0.25) is 5.91 Å². The SMILES string of the molecule is CC1C=Cc2cc(N(CC(=O)N(C)C)Cc3ccccc3)ccc21. The molecule has 0 bridgehead atoms. The van der Waals surface area contributed by atoms with Crippen molar-refractivity contribution in [3.63, 3.8) is 0 Å². The van der Waals surface area contributed by atoms with Gasteiger partial charge in [-0.2, -0.15) is 0 Å². The van der Waals surface area contributed by atoms with Crippen LogP contribution in [0.4, 0.5) is 5.69 Å². The molecule has 0 saturated heterocycles. The van der Waals surface area contributed by atoms with Gasteiger partial charge in [0.05, 0.1) is 6.54 Å². The molecule has 0 radical (unpaired) electrons. The van der Waals surface area contributed by atoms with E-state index in [0.717, 1.165) is 12.2 Å². The summed E-state index contributed by atoms with van der Waals surface area (Å²) < 4.78 is 0. The van der Waals surface area contributed by atoms with Crippen LogP contribution in [0.15, 0.2) is 54.6 Å². The Morgan fingerprint density at radius 3 is 2.54 bits per heavy atom. The Hall–Kier alpha value is -2.55. The summed E-state index contributed by atoms with van der Waals surface area (Å²) >= 11 is 0. The number of nitrogens with zero attached hydrogens (tertiary/aromatic N) is 2. The van der Waals surface area contributed by atoms with E-state index in [1.54, 1.807) is 19.0 Å². The second-order valence-electron chi connectivity index (χ2n) is 6.59. The van der Waals surface area contributed by atoms with Gasteiger partial charge in [-0.25, -0.2) is 0 Å². The number of anilines is 1. The average molecular weight is 320 g/mol. The normalized spacial score (nSPS) is 15.2. The fraction of sp³-hybridized carbons (Fsp3) is 0.286. The van der Waals surface area contributed by atoms with Crippen molar-refractivity contribution in [1.82, 2.24) is 4.90 Å². The number of allylic oxidation sites excluding steroid dienone is 1. The standard InChI is InChI=1S/C21H24N2O/c1-16-9-10-18-13-19(11-12-20(16)18)23(15-21(24)22(2)3)14-17-7-5-4-6-8-17/h4-13,16H,14-15H2,1-3H3. The zero-order chi connectivity index (χ0) is 17.1. The molecule has 1 aliphatic rings. The van der Waals surface area contributed by atoms with Gasteiger partial charge in [0.1, 0.15) is 0 Å². The molecule has 2 aromatic rings. The van der Waals surface area contributed by atoms with Crippen LogP contribution in [0.1, 0.15) is 29.5 Å². The summed E-state index contributed by atoms with van der Waals surface area (Å²) in [5, 5.41) is 0. The van der Waals surface area contributed by atoms with Gasteiger partial charge in [-0.15, -0.1) is 0 Å². The Balaban J connectivity index is 1.89. The number of likely N-dealkylation sites (N-methyl/N-ethyl adjacent to an activating group) is 1. The highest BCUT2D eigenvalue weighted by molar-refractivity contribution is 5.81. The lowest BCUT2D eigenvalue weighted by Gasteiger charge is -2.26. The first-order valence-corrected chi connectivity index (χ1v) is 8.36. The first-order valence-electron chi connectivity index (χ1n) is 8.36. The zero-order valence-corrected chi connectivity index (χ0v) is 14.6. The van der Waals surface area contributed by atoms with Crippen molar-refractivity contribution in [2.75, 3.05) is 25.5 Å². The monoisotopic (exact) mass is 320 g/mol. The molecule has 0 spiro atoms. The Kier molecular flexibility index (Phi) is 4.70. The molecule has 0 saturated carbocycles. The minimum atomic E-state index is 0.107. The Bertz CT molecular complexity index is 750. The van der Waals surface area contributed by atoms with Crippen molar-refractivity contribution in [3.8, 4) is 0 Å². The predicted octanol–water partition coefficient (Wildman–Crippen LogP) is 3.91. The fourth-order valence-electron chi connectivity index (χ4n) is 3.02. The van der Waals surface area contributed by atoms with Gasteiger partial charge in [0.15, 0.2) is 0 Å². The molecule has 0 aliphatic heterocycles. The molecule has 3 rings (SSSR count). The van der Waals surface area contributed by atoms with Gasteiger partial charge in [-0.3, -0.25) is 4.79 Å². The molecule has 3 heteroatoms. The van der Waals surface area contributed by atoms with Crippen LogP contribution < -0.4 is 4.90 Å². The molecule has 124 valence electrons. The molecule has 1 unspecified atom stereocenters. The summed E-state index contributed by atoms with van der Waals surface area (Å²) in [4.78, 5) is 16.1. The van der Waals surface area contributed by atoms with Gasteiger partial charge in [-0.1, -0.05) is 55.5 Å². The molecule has 1 amide bonds. The number of hydrogen-bond acceptors (Lipinski definition) is 2. The highest BCUT2D eigenvalue weighted by atomic mass is 16.2. The molecule has 0 aromatic heterocycles. The molecule has 24 heavy (non-hydrogen) atoms. The molecule has 3 nitrogen and oxygen atoms in total. The number of carbonyl (C=O) groups is 1. The molecular formula is C21H24N2O. The number of rotatable bonds is 5. The van der Waals surface area contributed by atoms with Crippen LogP contribution in [0, 0.1) is 0 Å². The van der Waals surface area contributed by atoms with Crippen molar-refractivity contribution in [2.45, 2.75) is 19.4 Å². The highest BCUT2D eigenvalue weighted by Gasteiger charge is 2.17. The summed E-state index contributed by atoms with van der Waals surface area (Å²) in [7, 11) is 3.60. The van der Waals surface area contributed by atoms with Crippen LogP contribution in [0.2, 0.25) is 0 Å². The lowest BCUT2D eigenvalue weighted by Crippen LogP contribution is -2.36. The van der Waals surface area contributed by atoms with E-state index in [1.165, 1.54) is 16.7 Å². The maximum Gasteiger partial charge on any atom is 0.241 e. The van der Waals surface area contributed by atoms with E-state index < -0.39 is 0 Å². The van der Waals surface area contributed by atoms with E-state index in [0.29, 0.717) is 12.5 Å². The Labute approximate surface area is 144 Å². The second kappa shape index (κ2) is 6.91. The fourth-order valence-corrected chi connectivity index (χ4v) is 3.02. The summed E-state index contributed by atoms with van der Waals surface area (Å²) in [6.07, 6.45) is 4.40. The van der Waals surface area contributed by atoms with Gasteiger partial charge in [0, 0.05) is 26.3 Å². The van der Waals surface area contributed by atoms with Gasteiger partial charge < -0.3 is 9.80 Å². The number of amides is 1. The van der Waals surface area contributed by atoms with Crippen molar-refractivity contribution < 1.29 is 4.79 Å². The summed E-state index contributed by atoms with van der Waals surface area (Å²) in [6.45, 7) is 3.30. The van der Waals surface area contributed by atoms with Crippen molar-refractivity contribution in [2.24, 2.45) is 0 Å². The largest absolute Gasteiger partial charge is 0.358 e. The van der Waals surface area contributed by atoms with Crippen LogP contribution >= 0.6 is 0 Å². The topological polar surface area (TPSA) is 23.6 Å². The molecule has 2 aromatic carbocycles. The van der Waals surface area contributed by atoms with E-state index in [9.17, 15) is 4.79 Å². The lowest BCUT2D eigenvalue weighted by atomic mass is 10.0.